The number of aryl methyl sites for hydroxylation is 1. The van der Waals surface area contributed by atoms with Gasteiger partial charge in [0.2, 0.25) is 0 Å². The van der Waals surface area contributed by atoms with Crippen molar-refractivity contribution in [3.05, 3.63) is 87.7 Å². The summed E-state index contributed by atoms with van der Waals surface area (Å²) in [6, 6.07) is 16.8. The molecule has 5 heteroatoms. The van der Waals surface area contributed by atoms with Crippen LogP contribution in [0, 0.1) is 20.8 Å². The predicted molar refractivity (Wildman–Crippen MR) is 120 cm³/mol. The highest BCUT2D eigenvalue weighted by atomic mass is 32.2. The van der Waals surface area contributed by atoms with Crippen LogP contribution in [-0.4, -0.2) is 21.9 Å². The Bertz CT molecular complexity index is 1010. The molecule has 0 saturated heterocycles. The zero-order chi connectivity index (χ0) is 21.0. The molecular formula is C24H28N2O2S. The molecule has 3 aromatic rings. The highest BCUT2D eigenvalue weighted by Crippen LogP contribution is 2.24. The molecule has 2 N–H and O–H groups in total. The first-order valence-electron chi connectivity index (χ1n) is 9.71. The Hall–Kier alpha value is -2.50. The van der Waals surface area contributed by atoms with Gasteiger partial charge < -0.3 is 15.0 Å². The van der Waals surface area contributed by atoms with E-state index in [1.165, 1.54) is 21.6 Å². The van der Waals surface area contributed by atoms with Crippen LogP contribution in [0.25, 0.3) is 0 Å². The van der Waals surface area contributed by atoms with Crippen molar-refractivity contribution in [3.8, 4) is 0 Å². The number of hydrogen-bond acceptors (Lipinski definition) is 3. The molecule has 0 aliphatic heterocycles. The van der Waals surface area contributed by atoms with Crippen LogP contribution >= 0.6 is 11.8 Å². The quantitative estimate of drug-likeness (QED) is 0.505. The molecule has 0 atom stereocenters. The summed E-state index contributed by atoms with van der Waals surface area (Å²) in [5, 5.41) is 13.2. The number of benzene rings is 2. The van der Waals surface area contributed by atoms with Crippen molar-refractivity contribution in [1.29, 1.82) is 0 Å². The van der Waals surface area contributed by atoms with E-state index in [2.05, 4.69) is 65.5 Å². The van der Waals surface area contributed by atoms with Crippen LogP contribution in [0.5, 0.6) is 0 Å². The largest absolute Gasteiger partial charge is 0.478 e. The van der Waals surface area contributed by atoms with Gasteiger partial charge in [0.25, 0.3) is 0 Å². The monoisotopic (exact) mass is 408 g/mol. The molecule has 1 heterocycles. The number of nitrogens with zero attached hydrogens (tertiary/aromatic N) is 1. The fourth-order valence-corrected chi connectivity index (χ4v) is 4.16. The third-order valence-corrected chi connectivity index (χ3v) is 6.08. The van der Waals surface area contributed by atoms with E-state index in [0.29, 0.717) is 25.2 Å². The molecule has 0 spiro atoms. The number of thioether (sulfide) groups is 1. The molecule has 0 fully saturated rings. The lowest BCUT2D eigenvalue weighted by Crippen LogP contribution is -2.15. The zero-order valence-corrected chi connectivity index (χ0v) is 18.3. The average Bonchev–Trinajstić information content (AvgIpc) is 2.93. The molecule has 3 rings (SSSR count). The van der Waals surface area contributed by atoms with Gasteiger partial charge in [0.15, 0.2) is 0 Å². The van der Waals surface area contributed by atoms with Crippen LogP contribution in [0.2, 0.25) is 0 Å². The summed E-state index contributed by atoms with van der Waals surface area (Å²) in [6.07, 6.45) is 2.06. The number of aromatic carboxylic acids is 1. The van der Waals surface area contributed by atoms with E-state index < -0.39 is 5.97 Å². The van der Waals surface area contributed by atoms with Crippen molar-refractivity contribution >= 4 is 17.7 Å². The first kappa shape index (κ1) is 21.2. The standard InChI is InChI=1S/C24H28N2O2S/c1-16-6-5-7-20(12-16)15-26-17(2)22(23(18(26)3)24(27)28)14-25-13-19-8-10-21(29-4)11-9-19/h5-12,25H,13-15H2,1-4H3,(H,27,28). The lowest BCUT2D eigenvalue weighted by molar-refractivity contribution is 0.0694. The molecule has 4 nitrogen and oxygen atoms in total. The molecule has 1 aromatic heterocycles. The van der Waals surface area contributed by atoms with Crippen LogP contribution in [0.1, 0.15) is 44.0 Å². The minimum Gasteiger partial charge on any atom is -0.478 e. The lowest BCUT2D eigenvalue weighted by atomic mass is 10.1. The van der Waals surface area contributed by atoms with Crippen LogP contribution in [0.15, 0.2) is 53.4 Å². The van der Waals surface area contributed by atoms with E-state index in [1.807, 2.05) is 19.9 Å². The molecule has 0 radical (unpaired) electrons. The number of rotatable bonds is 8. The van der Waals surface area contributed by atoms with Crippen LogP contribution in [0.3, 0.4) is 0 Å². The molecule has 2 aromatic carbocycles. The molecule has 0 unspecified atom stereocenters. The SMILES string of the molecule is CSc1ccc(CNCc2c(C(=O)O)c(C)n(Cc3cccc(C)c3)c2C)cc1. The van der Waals surface area contributed by atoms with E-state index >= 15 is 0 Å². The van der Waals surface area contributed by atoms with Crippen LogP contribution in [-0.2, 0) is 19.6 Å². The maximum Gasteiger partial charge on any atom is 0.337 e. The number of aromatic nitrogens is 1. The molecule has 0 aliphatic rings. The van der Waals surface area contributed by atoms with Crippen LogP contribution < -0.4 is 5.32 Å². The summed E-state index contributed by atoms with van der Waals surface area (Å²) in [6.45, 7) is 7.89. The minimum atomic E-state index is -0.866. The summed E-state index contributed by atoms with van der Waals surface area (Å²) in [7, 11) is 0. The van der Waals surface area contributed by atoms with E-state index in [1.54, 1.807) is 11.8 Å². The summed E-state index contributed by atoms with van der Waals surface area (Å²) < 4.78 is 2.11. The number of carboxylic acids is 1. The Kier molecular flexibility index (Phi) is 6.83. The zero-order valence-electron chi connectivity index (χ0n) is 17.5. The third-order valence-electron chi connectivity index (χ3n) is 5.34. The predicted octanol–water partition coefficient (Wildman–Crippen LogP) is 5.17. The van der Waals surface area contributed by atoms with Gasteiger partial charge in [-0.25, -0.2) is 4.79 Å². The topological polar surface area (TPSA) is 54.3 Å². The van der Waals surface area contributed by atoms with Gasteiger partial charge in [-0.1, -0.05) is 42.0 Å². The van der Waals surface area contributed by atoms with E-state index in [4.69, 9.17) is 0 Å². The van der Waals surface area contributed by atoms with Crippen molar-refractivity contribution in [2.24, 2.45) is 0 Å². The summed E-state index contributed by atoms with van der Waals surface area (Å²) in [4.78, 5) is 13.2. The highest BCUT2D eigenvalue weighted by molar-refractivity contribution is 7.98. The van der Waals surface area contributed by atoms with Crippen molar-refractivity contribution in [1.82, 2.24) is 9.88 Å². The van der Waals surface area contributed by atoms with Gasteiger partial charge in [-0.3, -0.25) is 0 Å². The Morgan fingerprint density at radius 1 is 1.00 bits per heavy atom. The maximum absolute atomic E-state index is 12.0. The van der Waals surface area contributed by atoms with Crippen molar-refractivity contribution in [2.75, 3.05) is 6.26 Å². The van der Waals surface area contributed by atoms with E-state index in [0.717, 1.165) is 17.0 Å². The van der Waals surface area contributed by atoms with Gasteiger partial charge in [-0.15, -0.1) is 11.8 Å². The van der Waals surface area contributed by atoms with Gasteiger partial charge >= 0.3 is 5.97 Å². The lowest BCUT2D eigenvalue weighted by Gasteiger charge is -2.11. The van der Waals surface area contributed by atoms with Crippen LogP contribution in [0.4, 0.5) is 0 Å². The average molecular weight is 409 g/mol. The fraction of sp³-hybridized carbons (Fsp3) is 0.292. The molecule has 0 saturated carbocycles. The van der Waals surface area contributed by atoms with Gasteiger partial charge in [0.05, 0.1) is 5.56 Å². The number of carboxylic acid groups (broad SMARTS) is 1. The number of nitrogens with one attached hydrogen (secondary N) is 1. The second kappa shape index (κ2) is 9.33. The van der Waals surface area contributed by atoms with Gasteiger partial charge in [0, 0.05) is 41.5 Å². The van der Waals surface area contributed by atoms with Crippen molar-refractivity contribution in [3.63, 3.8) is 0 Å². The number of carbonyl (C=O) groups is 1. The van der Waals surface area contributed by atoms with E-state index in [-0.39, 0.29) is 0 Å². The van der Waals surface area contributed by atoms with Gasteiger partial charge in [0.1, 0.15) is 0 Å². The Balaban J connectivity index is 1.80. The Morgan fingerprint density at radius 3 is 2.34 bits per heavy atom. The highest BCUT2D eigenvalue weighted by Gasteiger charge is 2.22. The van der Waals surface area contributed by atoms with E-state index in [9.17, 15) is 9.90 Å². The minimum absolute atomic E-state index is 0.417. The second-order valence-corrected chi connectivity index (χ2v) is 8.24. The maximum atomic E-state index is 12.0. The van der Waals surface area contributed by atoms with Crippen molar-refractivity contribution < 1.29 is 9.90 Å². The molecular weight excluding hydrogens is 380 g/mol. The first-order chi connectivity index (χ1) is 13.9. The molecule has 0 bridgehead atoms. The fourth-order valence-electron chi connectivity index (χ4n) is 3.75. The molecule has 152 valence electrons. The molecule has 0 aliphatic carbocycles. The Morgan fingerprint density at radius 2 is 1.72 bits per heavy atom. The smallest absolute Gasteiger partial charge is 0.337 e. The Labute approximate surface area is 177 Å². The van der Waals surface area contributed by atoms with Gasteiger partial charge in [-0.2, -0.15) is 0 Å². The summed E-state index contributed by atoms with van der Waals surface area (Å²) >= 11 is 1.72. The normalized spacial score (nSPS) is 11.0. The second-order valence-electron chi connectivity index (χ2n) is 7.36. The van der Waals surface area contributed by atoms with Crippen molar-refractivity contribution in [2.45, 2.75) is 45.3 Å². The first-order valence-corrected chi connectivity index (χ1v) is 10.9. The summed E-state index contributed by atoms with van der Waals surface area (Å²) in [5.74, 6) is -0.866. The third kappa shape index (κ3) is 4.92. The molecule has 0 amide bonds. The number of hydrogen-bond donors (Lipinski definition) is 2. The molecule has 29 heavy (non-hydrogen) atoms. The summed E-state index contributed by atoms with van der Waals surface area (Å²) in [5.41, 5.74) is 6.66. The van der Waals surface area contributed by atoms with Gasteiger partial charge in [-0.05, 0) is 50.3 Å².